The fraction of sp³-hybridized carbons (Fsp3) is 0.300. The number of fused-ring (bicyclic) bond motifs is 1. The summed E-state index contributed by atoms with van der Waals surface area (Å²) in [7, 11) is 0. The van der Waals surface area contributed by atoms with Crippen LogP contribution in [0.1, 0.15) is 21.8 Å². The molecule has 9 heteroatoms. The fourth-order valence-electron chi connectivity index (χ4n) is 3.67. The highest BCUT2D eigenvalue weighted by atomic mass is 79.9. The van der Waals surface area contributed by atoms with Crippen LogP contribution in [0.2, 0.25) is 0 Å². The average molecular weight is 474 g/mol. The summed E-state index contributed by atoms with van der Waals surface area (Å²) in [4.78, 5) is 30.7. The van der Waals surface area contributed by atoms with Gasteiger partial charge in [-0.05, 0) is 40.5 Å². The number of thiazole rings is 1. The minimum atomic E-state index is -0.781. The van der Waals surface area contributed by atoms with E-state index >= 15 is 0 Å². The molecule has 1 fully saturated rings. The third kappa shape index (κ3) is 3.53. The van der Waals surface area contributed by atoms with Gasteiger partial charge in [0.15, 0.2) is 0 Å². The van der Waals surface area contributed by atoms with Crippen molar-refractivity contribution in [1.82, 2.24) is 15.0 Å². The zero-order chi connectivity index (χ0) is 20.0. The Morgan fingerprint density at radius 1 is 1.21 bits per heavy atom. The van der Waals surface area contributed by atoms with Crippen LogP contribution in [-0.2, 0) is 6.42 Å². The van der Waals surface area contributed by atoms with E-state index in [2.05, 4.69) is 30.9 Å². The largest absolute Gasteiger partial charge is 0.354 e. The first kappa shape index (κ1) is 18.6. The molecule has 29 heavy (non-hydrogen) atoms. The lowest BCUT2D eigenvalue weighted by molar-refractivity contribution is 0.0984. The molecule has 0 N–H and O–H groups in total. The molecule has 0 aromatic carbocycles. The first-order valence-electron chi connectivity index (χ1n) is 9.36. The Bertz CT molecular complexity index is 1070. The van der Waals surface area contributed by atoms with Crippen molar-refractivity contribution in [2.45, 2.75) is 19.0 Å². The van der Waals surface area contributed by atoms with Gasteiger partial charge in [0.05, 0.1) is 24.1 Å². The maximum Gasteiger partial charge on any atom is 0.270 e. The van der Waals surface area contributed by atoms with Crippen molar-refractivity contribution in [3.8, 4) is 10.6 Å². The SMILES string of the molecule is O=C1c2sc(-c3ccc(N4CCC(F)C4)nc3)nc2CCN1c1cncc(Br)c1. The second-order valence-corrected chi connectivity index (χ2v) is 9.01. The predicted molar refractivity (Wildman–Crippen MR) is 114 cm³/mol. The van der Waals surface area contributed by atoms with Crippen LogP contribution in [0.25, 0.3) is 10.6 Å². The number of aromatic nitrogens is 3. The van der Waals surface area contributed by atoms with Crippen LogP contribution in [0.4, 0.5) is 15.9 Å². The Morgan fingerprint density at radius 3 is 2.83 bits per heavy atom. The van der Waals surface area contributed by atoms with Gasteiger partial charge in [-0.3, -0.25) is 9.78 Å². The van der Waals surface area contributed by atoms with Crippen LogP contribution in [-0.4, -0.2) is 46.7 Å². The van der Waals surface area contributed by atoms with Gasteiger partial charge in [-0.2, -0.15) is 0 Å². The summed E-state index contributed by atoms with van der Waals surface area (Å²) in [5.74, 6) is 0.727. The smallest absolute Gasteiger partial charge is 0.270 e. The lowest BCUT2D eigenvalue weighted by Gasteiger charge is -2.25. The highest BCUT2D eigenvalue weighted by molar-refractivity contribution is 9.10. The second kappa shape index (κ2) is 7.46. The van der Waals surface area contributed by atoms with Crippen molar-refractivity contribution in [2.24, 2.45) is 0 Å². The minimum Gasteiger partial charge on any atom is -0.354 e. The molecule has 3 aromatic heterocycles. The molecule has 2 aliphatic heterocycles. The zero-order valence-corrected chi connectivity index (χ0v) is 17.8. The van der Waals surface area contributed by atoms with Gasteiger partial charge in [0.25, 0.3) is 5.91 Å². The number of alkyl halides is 1. The number of carbonyl (C=O) groups excluding carboxylic acids is 1. The van der Waals surface area contributed by atoms with E-state index in [1.54, 1.807) is 23.5 Å². The van der Waals surface area contributed by atoms with E-state index in [1.165, 1.54) is 11.3 Å². The van der Waals surface area contributed by atoms with Crippen LogP contribution >= 0.6 is 27.3 Å². The summed E-state index contributed by atoms with van der Waals surface area (Å²) in [6, 6.07) is 5.73. The molecule has 1 saturated heterocycles. The minimum absolute atomic E-state index is 0.0504. The number of nitrogens with zero attached hydrogens (tertiary/aromatic N) is 5. The number of rotatable bonds is 3. The first-order valence-corrected chi connectivity index (χ1v) is 11.0. The molecule has 0 spiro atoms. The van der Waals surface area contributed by atoms with Crippen molar-refractivity contribution in [2.75, 3.05) is 29.4 Å². The van der Waals surface area contributed by atoms with Crippen LogP contribution in [0, 0.1) is 0 Å². The van der Waals surface area contributed by atoms with Gasteiger partial charge >= 0.3 is 0 Å². The third-order valence-corrected chi connectivity index (χ3v) is 6.73. The fourth-order valence-corrected chi connectivity index (χ4v) is 5.08. The van der Waals surface area contributed by atoms with E-state index in [0.717, 1.165) is 32.2 Å². The number of carbonyl (C=O) groups is 1. The van der Waals surface area contributed by atoms with Crippen LogP contribution in [0.5, 0.6) is 0 Å². The van der Waals surface area contributed by atoms with E-state index in [0.29, 0.717) is 37.4 Å². The number of amides is 1. The number of anilines is 2. The van der Waals surface area contributed by atoms with E-state index in [4.69, 9.17) is 0 Å². The van der Waals surface area contributed by atoms with E-state index in [1.807, 2.05) is 23.1 Å². The topological polar surface area (TPSA) is 62.2 Å². The van der Waals surface area contributed by atoms with Crippen LogP contribution in [0.15, 0.2) is 41.3 Å². The quantitative estimate of drug-likeness (QED) is 0.572. The Kier molecular flexibility index (Phi) is 4.79. The predicted octanol–water partition coefficient (Wildman–Crippen LogP) is 4.11. The second-order valence-electron chi connectivity index (χ2n) is 7.10. The van der Waals surface area contributed by atoms with Crippen molar-refractivity contribution in [1.29, 1.82) is 0 Å². The highest BCUT2D eigenvalue weighted by Gasteiger charge is 2.30. The van der Waals surface area contributed by atoms with Crippen molar-refractivity contribution in [3.05, 3.63) is 51.8 Å². The molecule has 1 atom stereocenters. The molecule has 0 bridgehead atoms. The number of halogens is 2. The Balaban J connectivity index is 1.39. The number of pyridine rings is 2. The molecule has 1 unspecified atom stereocenters. The molecule has 148 valence electrons. The number of hydrogen-bond donors (Lipinski definition) is 0. The summed E-state index contributed by atoms with van der Waals surface area (Å²) in [5, 5.41) is 0.779. The van der Waals surface area contributed by atoms with Crippen molar-refractivity contribution < 1.29 is 9.18 Å². The monoisotopic (exact) mass is 473 g/mol. The Morgan fingerprint density at radius 2 is 2.10 bits per heavy atom. The summed E-state index contributed by atoms with van der Waals surface area (Å²) < 4.78 is 14.3. The average Bonchev–Trinajstić information content (AvgIpc) is 3.35. The van der Waals surface area contributed by atoms with Gasteiger partial charge in [0.1, 0.15) is 21.9 Å². The number of hydrogen-bond acceptors (Lipinski definition) is 6. The summed E-state index contributed by atoms with van der Waals surface area (Å²) in [6.07, 6.45) is 5.61. The molecule has 0 aliphatic carbocycles. The normalized spacial score (nSPS) is 19.0. The van der Waals surface area contributed by atoms with Gasteiger partial charge in [-0.1, -0.05) is 0 Å². The highest BCUT2D eigenvalue weighted by Crippen LogP contribution is 2.34. The molecular formula is C20H17BrFN5OS. The standard InChI is InChI=1S/C20H17BrFN5OS/c21-13-7-15(10-23-9-13)27-6-4-16-18(20(27)28)29-19(25-16)12-1-2-17(24-8-12)26-5-3-14(22)11-26/h1-2,7-10,14H,3-6,11H2. The lowest BCUT2D eigenvalue weighted by Crippen LogP contribution is -2.37. The van der Waals surface area contributed by atoms with Gasteiger partial charge in [-0.25, -0.2) is 14.4 Å². The molecule has 0 radical (unpaired) electrons. The molecule has 5 rings (SSSR count). The van der Waals surface area contributed by atoms with Crippen LogP contribution < -0.4 is 9.80 Å². The first-order chi connectivity index (χ1) is 14.1. The summed E-state index contributed by atoms with van der Waals surface area (Å²) in [5.41, 5.74) is 2.47. The molecular weight excluding hydrogens is 457 g/mol. The van der Waals surface area contributed by atoms with Gasteiger partial charge in [0.2, 0.25) is 0 Å². The van der Waals surface area contributed by atoms with Gasteiger partial charge in [0, 0.05) is 41.9 Å². The molecule has 5 heterocycles. The molecule has 0 saturated carbocycles. The maximum absolute atomic E-state index is 13.4. The summed E-state index contributed by atoms with van der Waals surface area (Å²) >= 11 is 4.80. The molecule has 2 aliphatic rings. The van der Waals surface area contributed by atoms with E-state index in [-0.39, 0.29) is 5.91 Å². The Labute approximate surface area is 179 Å². The Hall–Kier alpha value is -2.39. The summed E-state index contributed by atoms with van der Waals surface area (Å²) in [6.45, 7) is 1.66. The van der Waals surface area contributed by atoms with Crippen molar-refractivity contribution in [3.63, 3.8) is 0 Å². The van der Waals surface area contributed by atoms with Crippen LogP contribution in [0.3, 0.4) is 0 Å². The zero-order valence-electron chi connectivity index (χ0n) is 15.4. The van der Waals surface area contributed by atoms with Gasteiger partial charge < -0.3 is 9.80 Å². The van der Waals surface area contributed by atoms with Gasteiger partial charge in [-0.15, -0.1) is 11.3 Å². The third-order valence-electron chi connectivity index (χ3n) is 5.16. The molecule has 3 aromatic rings. The molecule has 1 amide bonds. The lowest BCUT2D eigenvalue weighted by atomic mass is 10.1. The van der Waals surface area contributed by atoms with E-state index < -0.39 is 6.17 Å². The van der Waals surface area contributed by atoms with E-state index in [9.17, 15) is 9.18 Å². The molecule has 6 nitrogen and oxygen atoms in total. The maximum atomic E-state index is 13.4. The van der Waals surface area contributed by atoms with Crippen molar-refractivity contribution >= 4 is 44.7 Å².